The topological polar surface area (TPSA) is 20.3 Å². The van der Waals surface area contributed by atoms with Gasteiger partial charge in [-0.05, 0) is 37.1 Å². The van der Waals surface area contributed by atoms with Crippen LogP contribution in [0.3, 0.4) is 0 Å². The van der Waals surface area contributed by atoms with E-state index in [2.05, 4.69) is 53.4 Å². The lowest BCUT2D eigenvalue weighted by Gasteiger charge is -2.14. The predicted molar refractivity (Wildman–Crippen MR) is 83.8 cm³/mol. The van der Waals surface area contributed by atoms with Crippen LogP contribution in [-0.4, -0.2) is 30.8 Å². The predicted octanol–water partition coefficient (Wildman–Crippen LogP) is 3.42. The summed E-state index contributed by atoms with van der Waals surface area (Å²) in [6, 6.07) is 19.0. The van der Waals surface area contributed by atoms with Crippen molar-refractivity contribution in [2.75, 3.05) is 20.1 Å². The molecule has 0 fully saturated rings. The van der Waals surface area contributed by atoms with Gasteiger partial charge in [0.25, 0.3) is 0 Å². The van der Waals surface area contributed by atoms with Gasteiger partial charge in [0.05, 0.1) is 6.54 Å². The van der Waals surface area contributed by atoms with Gasteiger partial charge >= 0.3 is 0 Å². The lowest BCUT2D eigenvalue weighted by molar-refractivity contribution is -0.117. The molecule has 0 unspecified atom stereocenters. The molecule has 0 bridgehead atoms. The second kappa shape index (κ2) is 7.01. The molecule has 0 saturated carbocycles. The minimum Gasteiger partial charge on any atom is -0.299 e. The summed E-state index contributed by atoms with van der Waals surface area (Å²) in [6.07, 6.45) is 0.971. The molecule has 2 heteroatoms. The molecule has 20 heavy (non-hydrogen) atoms. The van der Waals surface area contributed by atoms with E-state index in [0.29, 0.717) is 6.54 Å². The number of ketones is 1. The van der Waals surface area contributed by atoms with E-state index in [1.807, 2.05) is 13.1 Å². The largest absolute Gasteiger partial charge is 0.299 e. The van der Waals surface area contributed by atoms with Crippen molar-refractivity contribution in [1.82, 2.24) is 4.90 Å². The number of Topliss-reactive ketones (excluding diaryl/α,β-unsaturated/α-hetero) is 1. The van der Waals surface area contributed by atoms with Crippen molar-refractivity contribution in [2.45, 2.75) is 13.3 Å². The molecule has 104 valence electrons. The second-order valence-corrected chi connectivity index (χ2v) is 5.25. The number of hydrogen-bond donors (Lipinski definition) is 0. The van der Waals surface area contributed by atoms with E-state index >= 15 is 0 Å². The van der Waals surface area contributed by atoms with Crippen molar-refractivity contribution in [2.24, 2.45) is 0 Å². The first kappa shape index (κ1) is 14.5. The Morgan fingerprint density at radius 1 is 0.950 bits per heavy atom. The van der Waals surface area contributed by atoms with Crippen LogP contribution in [0.5, 0.6) is 0 Å². The fourth-order valence-electron chi connectivity index (χ4n) is 2.27. The lowest BCUT2D eigenvalue weighted by atomic mass is 10.0. The van der Waals surface area contributed by atoms with Crippen LogP contribution in [0.1, 0.15) is 12.5 Å². The molecule has 0 heterocycles. The van der Waals surface area contributed by atoms with Crippen LogP contribution in [0.15, 0.2) is 54.6 Å². The van der Waals surface area contributed by atoms with Crippen molar-refractivity contribution in [1.29, 1.82) is 0 Å². The summed E-state index contributed by atoms with van der Waals surface area (Å²) in [7, 11) is 1.99. The number of benzene rings is 2. The highest BCUT2D eigenvalue weighted by Crippen LogP contribution is 2.19. The summed E-state index contributed by atoms with van der Waals surface area (Å²) >= 11 is 0. The van der Waals surface area contributed by atoms with Gasteiger partial charge in [-0.15, -0.1) is 0 Å². The SMILES string of the molecule is CC(=O)CN(C)CCc1ccc(-c2ccccc2)cc1. The van der Waals surface area contributed by atoms with Gasteiger partial charge in [-0.2, -0.15) is 0 Å². The zero-order chi connectivity index (χ0) is 14.4. The van der Waals surface area contributed by atoms with E-state index < -0.39 is 0 Å². The molecule has 0 aromatic heterocycles. The maximum absolute atomic E-state index is 11.0. The lowest BCUT2D eigenvalue weighted by Crippen LogP contribution is -2.26. The number of nitrogens with zero attached hydrogens (tertiary/aromatic N) is 1. The Bertz CT molecular complexity index is 545. The normalized spacial score (nSPS) is 10.8. The Balaban J connectivity index is 1.94. The third-order valence-electron chi connectivity index (χ3n) is 3.34. The van der Waals surface area contributed by atoms with E-state index in [-0.39, 0.29) is 5.78 Å². The molecule has 0 amide bonds. The monoisotopic (exact) mass is 267 g/mol. The van der Waals surface area contributed by atoms with E-state index in [1.54, 1.807) is 6.92 Å². The molecule has 0 aliphatic rings. The zero-order valence-corrected chi connectivity index (χ0v) is 12.2. The summed E-state index contributed by atoms with van der Waals surface area (Å²) < 4.78 is 0. The molecule has 2 nitrogen and oxygen atoms in total. The van der Waals surface area contributed by atoms with Crippen LogP contribution in [0.4, 0.5) is 0 Å². The minimum absolute atomic E-state index is 0.215. The average Bonchev–Trinajstić information content (AvgIpc) is 2.46. The summed E-state index contributed by atoms with van der Waals surface area (Å²) in [5.74, 6) is 0.215. The van der Waals surface area contributed by atoms with Crippen LogP contribution in [0, 0.1) is 0 Å². The number of hydrogen-bond acceptors (Lipinski definition) is 2. The smallest absolute Gasteiger partial charge is 0.143 e. The molecule has 0 aliphatic heterocycles. The Hall–Kier alpha value is -1.93. The van der Waals surface area contributed by atoms with Crippen molar-refractivity contribution >= 4 is 5.78 Å². The molecule has 0 spiro atoms. The quantitative estimate of drug-likeness (QED) is 0.799. The first-order valence-corrected chi connectivity index (χ1v) is 6.97. The third-order valence-corrected chi connectivity index (χ3v) is 3.34. The van der Waals surface area contributed by atoms with Crippen molar-refractivity contribution in [3.8, 4) is 11.1 Å². The highest BCUT2D eigenvalue weighted by molar-refractivity contribution is 5.77. The summed E-state index contributed by atoms with van der Waals surface area (Å²) in [5.41, 5.74) is 3.79. The maximum Gasteiger partial charge on any atom is 0.143 e. The van der Waals surface area contributed by atoms with Crippen molar-refractivity contribution in [3.05, 3.63) is 60.2 Å². The Kier molecular flexibility index (Phi) is 5.08. The molecular formula is C18H21NO. The van der Waals surface area contributed by atoms with E-state index in [0.717, 1.165) is 13.0 Å². The summed E-state index contributed by atoms with van der Waals surface area (Å²) in [5, 5.41) is 0. The fourth-order valence-corrected chi connectivity index (χ4v) is 2.27. The Morgan fingerprint density at radius 2 is 1.55 bits per heavy atom. The molecule has 0 atom stereocenters. The first-order valence-electron chi connectivity index (χ1n) is 6.97. The molecule has 2 aromatic carbocycles. The van der Waals surface area contributed by atoms with Crippen LogP contribution in [-0.2, 0) is 11.2 Å². The fraction of sp³-hybridized carbons (Fsp3) is 0.278. The van der Waals surface area contributed by atoms with Gasteiger partial charge in [-0.1, -0.05) is 54.6 Å². The maximum atomic E-state index is 11.0. The van der Waals surface area contributed by atoms with E-state index in [9.17, 15) is 4.79 Å². The van der Waals surface area contributed by atoms with Crippen LogP contribution in [0.2, 0.25) is 0 Å². The highest BCUT2D eigenvalue weighted by Gasteiger charge is 2.02. The zero-order valence-electron chi connectivity index (χ0n) is 12.2. The molecule has 0 radical (unpaired) electrons. The number of carbonyl (C=O) groups is 1. The van der Waals surface area contributed by atoms with Gasteiger partial charge in [0, 0.05) is 6.54 Å². The highest BCUT2D eigenvalue weighted by atomic mass is 16.1. The molecule has 2 aromatic rings. The second-order valence-electron chi connectivity index (χ2n) is 5.25. The van der Waals surface area contributed by atoms with Crippen LogP contribution in [0.25, 0.3) is 11.1 Å². The van der Waals surface area contributed by atoms with Crippen LogP contribution >= 0.6 is 0 Å². The van der Waals surface area contributed by atoms with Gasteiger partial charge in [0.2, 0.25) is 0 Å². The molecule has 0 N–H and O–H groups in total. The standard InChI is InChI=1S/C18H21NO/c1-15(20)14-19(2)13-12-16-8-10-18(11-9-16)17-6-4-3-5-7-17/h3-11H,12-14H2,1-2H3. The Morgan fingerprint density at radius 3 is 2.15 bits per heavy atom. The molecule has 0 saturated heterocycles. The average molecular weight is 267 g/mol. The van der Waals surface area contributed by atoms with Crippen molar-refractivity contribution in [3.63, 3.8) is 0 Å². The van der Waals surface area contributed by atoms with E-state index in [1.165, 1.54) is 16.7 Å². The van der Waals surface area contributed by atoms with Gasteiger partial charge in [-0.25, -0.2) is 0 Å². The number of rotatable bonds is 6. The third kappa shape index (κ3) is 4.32. The van der Waals surface area contributed by atoms with E-state index in [4.69, 9.17) is 0 Å². The Labute approximate surface area is 121 Å². The molecular weight excluding hydrogens is 246 g/mol. The minimum atomic E-state index is 0.215. The number of carbonyl (C=O) groups excluding carboxylic acids is 1. The van der Waals surface area contributed by atoms with Crippen molar-refractivity contribution < 1.29 is 4.79 Å². The van der Waals surface area contributed by atoms with Crippen LogP contribution < -0.4 is 0 Å². The van der Waals surface area contributed by atoms with Gasteiger partial charge in [0.15, 0.2) is 0 Å². The summed E-state index contributed by atoms with van der Waals surface area (Å²) in [4.78, 5) is 13.1. The first-order chi connectivity index (χ1) is 9.65. The molecule has 0 aliphatic carbocycles. The molecule has 2 rings (SSSR count). The van der Waals surface area contributed by atoms with Gasteiger partial charge in [0.1, 0.15) is 5.78 Å². The van der Waals surface area contributed by atoms with Gasteiger partial charge < -0.3 is 0 Å². The summed E-state index contributed by atoms with van der Waals surface area (Å²) in [6.45, 7) is 3.07. The number of likely N-dealkylation sites (N-methyl/N-ethyl adjacent to an activating group) is 1. The van der Waals surface area contributed by atoms with Gasteiger partial charge in [-0.3, -0.25) is 9.69 Å².